The molecule has 0 aromatic heterocycles. The van der Waals surface area contributed by atoms with Gasteiger partial charge < -0.3 is 4.98 Å². The van der Waals surface area contributed by atoms with Crippen LogP contribution >= 0.6 is 0 Å². The van der Waals surface area contributed by atoms with Crippen molar-refractivity contribution in [2.45, 2.75) is 33.9 Å². The minimum absolute atomic E-state index is 0.352. The Kier molecular flexibility index (Phi) is 8.77. The van der Waals surface area contributed by atoms with E-state index in [4.69, 9.17) is 0 Å². The summed E-state index contributed by atoms with van der Waals surface area (Å²) in [6.45, 7) is 14.6. The van der Waals surface area contributed by atoms with Gasteiger partial charge >= 0.3 is 0 Å². The molecule has 0 heterocycles. The summed E-state index contributed by atoms with van der Waals surface area (Å²) in [4.78, 5) is 8.87. The monoisotopic (exact) mass is 293 g/mol. The first-order valence-corrected chi connectivity index (χ1v) is 9.40. The molecule has 1 rings (SSSR count). The molecule has 0 saturated heterocycles. The molecule has 4 heteroatoms. The molecule has 1 aromatic carbocycles. The Morgan fingerprint density at radius 3 is 1.85 bits per heavy atom. The summed E-state index contributed by atoms with van der Waals surface area (Å²) >= 11 is 0. The molecular formula is C16H31N3Si. The van der Waals surface area contributed by atoms with Crippen LogP contribution in [0.4, 0.5) is 0 Å². The van der Waals surface area contributed by atoms with Crippen LogP contribution < -0.4 is 10.2 Å². The lowest BCUT2D eigenvalue weighted by Gasteiger charge is -2.38. The van der Waals surface area contributed by atoms with Gasteiger partial charge in [-0.05, 0) is 26.2 Å². The van der Waals surface area contributed by atoms with Crippen molar-refractivity contribution in [3.8, 4) is 0 Å². The van der Waals surface area contributed by atoms with Crippen molar-refractivity contribution in [2.24, 2.45) is 0 Å². The van der Waals surface area contributed by atoms with Crippen LogP contribution in [-0.2, 0) is 0 Å². The summed E-state index contributed by atoms with van der Waals surface area (Å²) in [6, 6.07) is 10.8. The van der Waals surface area contributed by atoms with E-state index in [9.17, 15) is 0 Å². The molecule has 0 aliphatic rings. The molecule has 1 N–H and O–H groups in total. The highest BCUT2D eigenvalue weighted by molar-refractivity contribution is 6.50. The first-order valence-electron chi connectivity index (χ1n) is 7.99. The fourth-order valence-electron chi connectivity index (χ4n) is 2.72. The van der Waals surface area contributed by atoms with E-state index in [2.05, 4.69) is 72.8 Å². The van der Waals surface area contributed by atoms with Crippen molar-refractivity contribution < 1.29 is 0 Å². The third-order valence-electron chi connectivity index (χ3n) is 3.97. The van der Waals surface area contributed by atoms with Crippen LogP contribution in [0.3, 0.4) is 0 Å². The average molecular weight is 294 g/mol. The lowest BCUT2D eigenvalue weighted by Crippen LogP contribution is -2.54. The fourth-order valence-corrected chi connectivity index (χ4v) is 3.92. The van der Waals surface area contributed by atoms with Crippen molar-refractivity contribution >= 4 is 14.9 Å². The number of benzene rings is 1. The van der Waals surface area contributed by atoms with Gasteiger partial charge in [-0.15, -0.1) is 0 Å². The van der Waals surface area contributed by atoms with Gasteiger partial charge in [0, 0.05) is 6.54 Å². The van der Waals surface area contributed by atoms with Gasteiger partial charge in [0.15, 0.2) is 0 Å². The summed E-state index contributed by atoms with van der Waals surface area (Å²) in [7, 11) is -0.352. The largest absolute Gasteiger partial charge is 0.336 e. The molecule has 0 fully saturated rings. The van der Waals surface area contributed by atoms with Crippen LogP contribution in [-0.4, -0.2) is 58.4 Å². The minimum atomic E-state index is -0.352. The molecule has 0 spiro atoms. The summed E-state index contributed by atoms with van der Waals surface area (Å²) < 4.78 is 0. The van der Waals surface area contributed by atoms with Gasteiger partial charge in [0.1, 0.15) is 9.68 Å². The lowest BCUT2D eigenvalue weighted by molar-refractivity contribution is 0.0606. The van der Waals surface area contributed by atoms with E-state index >= 15 is 0 Å². The highest BCUT2D eigenvalue weighted by Gasteiger charge is 2.20. The third-order valence-corrected chi connectivity index (χ3v) is 5.38. The van der Waals surface area contributed by atoms with Crippen molar-refractivity contribution in [1.29, 1.82) is 0 Å². The van der Waals surface area contributed by atoms with Crippen molar-refractivity contribution in [3.63, 3.8) is 0 Å². The summed E-state index contributed by atoms with van der Waals surface area (Å²) in [6.07, 6.45) is 0.524. The van der Waals surface area contributed by atoms with Crippen LogP contribution in [0.1, 0.15) is 27.7 Å². The summed E-state index contributed by atoms with van der Waals surface area (Å²) in [5, 5.41) is 1.49. The summed E-state index contributed by atoms with van der Waals surface area (Å²) in [5.41, 5.74) is 0. The topological polar surface area (TPSA) is 18.5 Å². The van der Waals surface area contributed by atoms with Gasteiger partial charge in [0.2, 0.25) is 0 Å². The number of hydrogen-bond donors (Lipinski definition) is 1. The average Bonchev–Trinajstić information content (AvgIpc) is 2.50. The van der Waals surface area contributed by atoms with E-state index in [1.54, 1.807) is 0 Å². The van der Waals surface area contributed by atoms with Gasteiger partial charge in [-0.25, -0.2) is 0 Å². The highest BCUT2D eigenvalue weighted by Crippen LogP contribution is 2.05. The Morgan fingerprint density at radius 2 is 1.40 bits per heavy atom. The fraction of sp³-hybridized carbons (Fsp3) is 0.625. The van der Waals surface area contributed by atoms with Gasteiger partial charge in [-0.3, -0.25) is 9.80 Å². The predicted molar refractivity (Wildman–Crippen MR) is 92.3 cm³/mol. The first kappa shape index (κ1) is 17.4. The van der Waals surface area contributed by atoms with Crippen LogP contribution in [0.5, 0.6) is 0 Å². The van der Waals surface area contributed by atoms with E-state index in [0.29, 0.717) is 6.17 Å². The molecule has 114 valence electrons. The molecule has 0 radical (unpaired) electrons. The zero-order valence-electron chi connectivity index (χ0n) is 13.6. The van der Waals surface area contributed by atoms with Crippen LogP contribution in [0.25, 0.3) is 0 Å². The Balaban J connectivity index is 2.55. The van der Waals surface area contributed by atoms with Gasteiger partial charge in [0.25, 0.3) is 0 Å². The zero-order valence-corrected chi connectivity index (χ0v) is 15.0. The summed E-state index contributed by atoms with van der Waals surface area (Å²) in [5.74, 6) is 0. The van der Waals surface area contributed by atoms with E-state index in [-0.39, 0.29) is 9.68 Å². The maximum absolute atomic E-state index is 3.76. The second-order valence-corrected chi connectivity index (χ2v) is 6.71. The Labute approximate surface area is 127 Å². The second kappa shape index (κ2) is 10.1. The van der Waals surface area contributed by atoms with E-state index in [0.717, 1.165) is 32.7 Å². The van der Waals surface area contributed by atoms with Crippen LogP contribution in [0, 0.1) is 0 Å². The molecule has 0 saturated carbocycles. The Bertz CT molecular complexity index is 325. The standard InChI is InChI=1S/C16H31N3Si/c1-5-18(6-2)16(19(7-3)8-4)14-17-20-15-12-10-9-11-13-15/h9-13,16-17H,5-8,14,20H2,1-4H3. The molecule has 3 nitrogen and oxygen atoms in total. The van der Waals surface area contributed by atoms with Crippen molar-refractivity contribution in [1.82, 2.24) is 14.8 Å². The molecule has 1 aromatic rings. The molecule has 0 aliphatic heterocycles. The van der Waals surface area contributed by atoms with E-state index < -0.39 is 0 Å². The maximum Gasteiger partial charge on any atom is 0.124 e. The van der Waals surface area contributed by atoms with Crippen molar-refractivity contribution in [2.75, 3.05) is 32.7 Å². The van der Waals surface area contributed by atoms with E-state index in [1.165, 1.54) is 5.19 Å². The SMILES string of the molecule is CCN(CC)C(CN[SiH2]c1ccccc1)N(CC)CC. The molecule has 0 amide bonds. The molecule has 0 unspecified atom stereocenters. The first-order chi connectivity index (χ1) is 9.76. The van der Waals surface area contributed by atoms with E-state index in [1.807, 2.05) is 0 Å². The van der Waals surface area contributed by atoms with Crippen LogP contribution in [0.2, 0.25) is 0 Å². The molecule has 0 aliphatic carbocycles. The number of rotatable bonds is 10. The normalized spacial score (nSPS) is 12.3. The zero-order chi connectivity index (χ0) is 14.8. The van der Waals surface area contributed by atoms with Gasteiger partial charge in [-0.1, -0.05) is 63.2 Å². The minimum Gasteiger partial charge on any atom is -0.336 e. The maximum atomic E-state index is 3.76. The molecule has 0 bridgehead atoms. The highest BCUT2D eigenvalue weighted by atomic mass is 28.2. The lowest BCUT2D eigenvalue weighted by atomic mass is 10.3. The number of nitrogens with zero attached hydrogens (tertiary/aromatic N) is 2. The van der Waals surface area contributed by atoms with Crippen LogP contribution in [0.15, 0.2) is 30.3 Å². The van der Waals surface area contributed by atoms with Gasteiger partial charge in [0.05, 0.1) is 6.17 Å². The Hall–Kier alpha value is -0.683. The number of likely N-dealkylation sites (N-methyl/N-ethyl adjacent to an activating group) is 2. The smallest absolute Gasteiger partial charge is 0.124 e. The number of hydrogen-bond acceptors (Lipinski definition) is 3. The third kappa shape index (κ3) is 5.36. The Morgan fingerprint density at radius 1 is 0.900 bits per heavy atom. The second-order valence-electron chi connectivity index (χ2n) is 5.04. The molecule has 20 heavy (non-hydrogen) atoms. The molecular weight excluding hydrogens is 262 g/mol. The van der Waals surface area contributed by atoms with Gasteiger partial charge in [-0.2, -0.15) is 0 Å². The molecule has 0 atom stereocenters. The van der Waals surface area contributed by atoms with Crippen molar-refractivity contribution in [3.05, 3.63) is 30.3 Å². The predicted octanol–water partition coefficient (Wildman–Crippen LogP) is 0.995. The quantitative estimate of drug-likeness (QED) is 0.513. The number of nitrogens with one attached hydrogen (secondary N) is 1.